The summed E-state index contributed by atoms with van der Waals surface area (Å²) in [5.41, 5.74) is 3.57. The minimum atomic E-state index is 0.130. The van der Waals surface area contributed by atoms with Crippen LogP contribution in [-0.2, 0) is 6.42 Å². The second-order valence-corrected chi connectivity index (χ2v) is 9.91. The van der Waals surface area contributed by atoms with Crippen molar-refractivity contribution in [2.24, 2.45) is 0 Å². The molecule has 152 valence electrons. The molecule has 1 aromatic heterocycles. The third kappa shape index (κ3) is 3.35. The molecule has 0 unspecified atom stereocenters. The van der Waals surface area contributed by atoms with Crippen LogP contribution in [0.1, 0.15) is 16.5 Å². The Morgan fingerprint density at radius 2 is 1.55 bits per heavy atom. The molecular formula is C24H17ClN4S2. The highest BCUT2D eigenvalue weighted by Crippen LogP contribution is 2.56. The summed E-state index contributed by atoms with van der Waals surface area (Å²) in [4.78, 5) is 1.34. The van der Waals surface area contributed by atoms with Gasteiger partial charge in [-0.3, -0.25) is 5.01 Å². The highest BCUT2D eigenvalue weighted by atomic mass is 35.5. The number of halogens is 1. The molecule has 3 aromatic carbocycles. The molecule has 7 heteroatoms. The molecular weight excluding hydrogens is 444 g/mol. The maximum Gasteiger partial charge on any atom is 0.217 e. The van der Waals surface area contributed by atoms with E-state index in [0.717, 1.165) is 28.0 Å². The first-order valence-corrected chi connectivity index (χ1v) is 12.0. The zero-order valence-corrected chi connectivity index (χ0v) is 18.7. The number of allylic oxidation sites excluding steroid dienone is 1. The second kappa shape index (κ2) is 7.79. The Kier molecular flexibility index (Phi) is 4.78. The topological polar surface area (TPSA) is 34.0 Å². The lowest BCUT2D eigenvalue weighted by molar-refractivity contribution is 0.639. The molecule has 0 aliphatic carbocycles. The minimum Gasteiger partial charge on any atom is -0.252 e. The Hall–Kier alpha value is -2.67. The van der Waals surface area contributed by atoms with Crippen molar-refractivity contribution in [2.75, 3.05) is 5.01 Å². The predicted octanol–water partition coefficient (Wildman–Crippen LogP) is 6.50. The summed E-state index contributed by atoms with van der Waals surface area (Å²) in [5, 5.41) is 14.4. The molecule has 0 spiro atoms. The molecule has 6 rings (SSSR count). The summed E-state index contributed by atoms with van der Waals surface area (Å²) in [5.74, 6) is 0.868. The summed E-state index contributed by atoms with van der Waals surface area (Å²) in [7, 11) is 0. The van der Waals surface area contributed by atoms with Crippen molar-refractivity contribution < 1.29 is 0 Å². The summed E-state index contributed by atoms with van der Waals surface area (Å²) in [6, 6.07) is 29.0. The lowest BCUT2D eigenvalue weighted by atomic mass is 10.1. The van der Waals surface area contributed by atoms with E-state index in [1.54, 1.807) is 11.8 Å². The molecule has 0 saturated carbocycles. The van der Waals surface area contributed by atoms with Gasteiger partial charge in [-0.1, -0.05) is 96.2 Å². The van der Waals surface area contributed by atoms with Crippen LogP contribution < -0.4 is 5.01 Å². The van der Waals surface area contributed by atoms with E-state index < -0.39 is 0 Å². The SMILES string of the molecule is Clc1ccc(CC2=C3Sc4nnc(-c5ccccc5)n4N3[C@@H](c3ccccc3)S2)cc1. The predicted molar refractivity (Wildman–Crippen MR) is 128 cm³/mol. The van der Waals surface area contributed by atoms with Gasteiger partial charge in [-0.2, -0.15) is 0 Å². The first kappa shape index (κ1) is 19.0. The highest BCUT2D eigenvalue weighted by Gasteiger charge is 2.43. The highest BCUT2D eigenvalue weighted by molar-refractivity contribution is 8.08. The summed E-state index contributed by atoms with van der Waals surface area (Å²) >= 11 is 9.69. The molecule has 31 heavy (non-hydrogen) atoms. The first-order chi connectivity index (χ1) is 15.3. The van der Waals surface area contributed by atoms with Gasteiger partial charge in [-0.05, 0) is 35.0 Å². The van der Waals surface area contributed by atoms with Crippen molar-refractivity contribution in [1.82, 2.24) is 14.9 Å². The maximum absolute atomic E-state index is 6.09. The van der Waals surface area contributed by atoms with Gasteiger partial charge in [-0.15, -0.1) is 10.2 Å². The van der Waals surface area contributed by atoms with Crippen molar-refractivity contribution in [2.45, 2.75) is 17.0 Å². The zero-order valence-electron chi connectivity index (χ0n) is 16.4. The van der Waals surface area contributed by atoms with E-state index >= 15 is 0 Å². The lowest BCUT2D eigenvalue weighted by Crippen LogP contribution is -2.29. The summed E-state index contributed by atoms with van der Waals surface area (Å²) in [6.07, 6.45) is 0.864. The zero-order chi connectivity index (χ0) is 20.8. The molecule has 0 bridgehead atoms. The number of thioether (sulfide) groups is 2. The van der Waals surface area contributed by atoms with Crippen molar-refractivity contribution in [3.8, 4) is 11.4 Å². The van der Waals surface area contributed by atoms with Gasteiger partial charge in [-0.25, -0.2) is 4.68 Å². The largest absolute Gasteiger partial charge is 0.252 e. The maximum atomic E-state index is 6.09. The molecule has 1 atom stereocenters. The van der Waals surface area contributed by atoms with Crippen LogP contribution in [0.4, 0.5) is 0 Å². The van der Waals surface area contributed by atoms with E-state index in [9.17, 15) is 0 Å². The Bertz CT molecular complexity index is 1270. The quantitative estimate of drug-likeness (QED) is 0.347. The monoisotopic (exact) mass is 460 g/mol. The van der Waals surface area contributed by atoms with E-state index in [2.05, 4.69) is 74.5 Å². The number of fused-ring (bicyclic) bond motifs is 3. The molecule has 2 aliphatic heterocycles. The Labute approximate surface area is 193 Å². The standard InChI is InChI=1S/C24H17ClN4S2/c25-19-13-11-16(12-14-19)15-20-23-29(22(30-20)18-9-5-2-6-10-18)28-21(26-27-24(28)31-23)17-7-3-1-4-8-17/h1-14,22H,15H2/t22-/m1/s1. The van der Waals surface area contributed by atoms with Gasteiger partial charge in [0.15, 0.2) is 5.82 Å². The van der Waals surface area contributed by atoms with E-state index in [1.165, 1.54) is 21.1 Å². The Morgan fingerprint density at radius 1 is 0.839 bits per heavy atom. The van der Waals surface area contributed by atoms with E-state index in [-0.39, 0.29) is 5.37 Å². The van der Waals surface area contributed by atoms with Crippen LogP contribution in [0.2, 0.25) is 5.02 Å². The normalized spacial score (nSPS) is 17.2. The Balaban J connectivity index is 1.45. The lowest BCUT2D eigenvalue weighted by Gasteiger charge is -2.25. The number of hydrogen-bond donors (Lipinski definition) is 0. The average Bonchev–Trinajstić information content (AvgIpc) is 3.48. The third-order valence-corrected chi connectivity index (χ3v) is 8.10. The van der Waals surface area contributed by atoms with Crippen LogP contribution in [0, 0.1) is 0 Å². The van der Waals surface area contributed by atoms with Crippen LogP contribution in [0.15, 0.2) is 100 Å². The van der Waals surface area contributed by atoms with E-state index in [4.69, 9.17) is 11.6 Å². The molecule has 0 N–H and O–H groups in total. The molecule has 3 heterocycles. The fourth-order valence-corrected chi connectivity index (χ4v) is 6.63. The van der Waals surface area contributed by atoms with Gasteiger partial charge in [0.1, 0.15) is 10.4 Å². The number of nitrogens with zero attached hydrogens (tertiary/aromatic N) is 4. The van der Waals surface area contributed by atoms with Crippen LogP contribution >= 0.6 is 35.1 Å². The molecule has 0 fully saturated rings. The van der Waals surface area contributed by atoms with Gasteiger partial charge in [0.05, 0.1) is 0 Å². The first-order valence-electron chi connectivity index (χ1n) is 9.95. The smallest absolute Gasteiger partial charge is 0.217 e. The molecule has 4 nitrogen and oxygen atoms in total. The van der Waals surface area contributed by atoms with Crippen molar-refractivity contribution >= 4 is 35.1 Å². The van der Waals surface area contributed by atoms with Crippen molar-refractivity contribution in [3.05, 3.63) is 111 Å². The van der Waals surface area contributed by atoms with Gasteiger partial charge in [0.2, 0.25) is 5.16 Å². The number of aromatic nitrogens is 3. The fourth-order valence-electron chi connectivity index (χ4n) is 3.88. The number of benzene rings is 3. The fraction of sp³-hybridized carbons (Fsp3) is 0.0833. The van der Waals surface area contributed by atoms with Crippen LogP contribution in [0.5, 0.6) is 0 Å². The molecule has 4 aromatic rings. The van der Waals surface area contributed by atoms with Gasteiger partial charge >= 0.3 is 0 Å². The molecule has 0 saturated heterocycles. The summed E-state index contributed by atoms with van der Waals surface area (Å²) < 4.78 is 2.18. The van der Waals surface area contributed by atoms with Crippen LogP contribution in [-0.4, -0.2) is 14.9 Å². The van der Waals surface area contributed by atoms with Crippen LogP contribution in [0.25, 0.3) is 11.4 Å². The van der Waals surface area contributed by atoms with Gasteiger partial charge < -0.3 is 0 Å². The van der Waals surface area contributed by atoms with Crippen molar-refractivity contribution in [3.63, 3.8) is 0 Å². The van der Waals surface area contributed by atoms with Crippen LogP contribution in [0.3, 0.4) is 0 Å². The number of hydrogen-bond acceptors (Lipinski definition) is 5. The van der Waals surface area contributed by atoms with Gasteiger partial charge in [0, 0.05) is 21.9 Å². The minimum absolute atomic E-state index is 0.130. The number of rotatable bonds is 4. The summed E-state index contributed by atoms with van der Waals surface area (Å²) in [6.45, 7) is 0. The molecule has 0 radical (unpaired) electrons. The Morgan fingerprint density at radius 3 is 2.29 bits per heavy atom. The molecule has 0 amide bonds. The van der Waals surface area contributed by atoms with E-state index in [1.807, 2.05) is 42.1 Å². The van der Waals surface area contributed by atoms with E-state index in [0.29, 0.717) is 0 Å². The third-order valence-electron chi connectivity index (χ3n) is 5.33. The molecule has 2 aliphatic rings. The average molecular weight is 461 g/mol. The van der Waals surface area contributed by atoms with Crippen molar-refractivity contribution in [1.29, 1.82) is 0 Å². The second-order valence-electron chi connectivity index (χ2n) is 7.34. The van der Waals surface area contributed by atoms with Gasteiger partial charge in [0.25, 0.3) is 0 Å².